The first-order valence-corrected chi connectivity index (χ1v) is 45.2. The van der Waals surface area contributed by atoms with E-state index in [4.69, 9.17) is 0 Å². The van der Waals surface area contributed by atoms with E-state index in [1.807, 2.05) is 45.3 Å². The molecule has 0 unspecified atom stereocenters. The molecule has 4 aromatic heterocycles. The van der Waals surface area contributed by atoms with E-state index >= 15 is 0 Å². The van der Waals surface area contributed by atoms with Gasteiger partial charge in [-0.25, -0.2) is 0 Å². The average Bonchev–Trinajstić information content (AvgIpc) is 1.50. The van der Waals surface area contributed by atoms with E-state index in [1.54, 1.807) is 0 Å². The van der Waals surface area contributed by atoms with Crippen molar-refractivity contribution in [1.82, 2.24) is 0 Å². The van der Waals surface area contributed by atoms with Gasteiger partial charge in [0, 0.05) is 20.5 Å². The normalized spacial score (nSPS) is 13.5. The summed E-state index contributed by atoms with van der Waals surface area (Å²) in [7, 11) is 0. The van der Waals surface area contributed by atoms with Gasteiger partial charge in [0.2, 0.25) is 0 Å². The molecular weight excluding hydrogens is 1390 g/mol. The monoisotopic (exact) mass is 1510 g/mol. The highest BCUT2D eigenvalue weighted by Gasteiger charge is 2.54. The van der Waals surface area contributed by atoms with Crippen LogP contribution in [0.3, 0.4) is 0 Å². The zero-order chi connectivity index (χ0) is 67.8. The minimum atomic E-state index is -0.528. The molecule has 0 N–H and O–H groups in total. The van der Waals surface area contributed by atoms with E-state index < -0.39 is 10.8 Å². The maximum atomic E-state index is 4.08. The summed E-state index contributed by atoms with van der Waals surface area (Å²) in [6, 6.07) is 51.3. The molecule has 9 aromatic rings. The summed E-state index contributed by atoms with van der Waals surface area (Å²) in [6.07, 6.45) is 59.2. The summed E-state index contributed by atoms with van der Waals surface area (Å²) in [5.74, 6) is 0. The second-order valence-electron chi connectivity index (χ2n) is 30.1. The van der Waals surface area contributed by atoms with Crippen molar-refractivity contribution in [2.24, 2.45) is 0 Å². The van der Waals surface area contributed by atoms with E-state index in [2.05, 4.69) is 181 Å². The molecule has 5 aromatic carbocycles. The number of benzene rings is 5. The van der Waals surface area contributed by atoms with Gasteiger partial charge >= 0.3 is 0 Å². The summed E-state index contributed by atoms with van der Waals surface area (Å²) in [5, 5.41) is 2.82. The van der Waals surface area contributed by atoms with Crippen LogP contribution < -0.4 is 0 Å². The first-order valence-electron chi connectivity index (χ1n) is 40.3. The van der Waals surface area contributed by atoms with Gasteiger partial charge in [-0.2, -0.15) is 0 Å². The standard InChI is InChI=1S/C92H120Br2S4/c1-5-9-13-17-21-25-29-33-37-41-45-69-49-57-73(58-50-69)91(74-59-51-70(52-60-74)46-42-38-34-30-26-22-18-14-10-6-2)81-65-78-82(66-77(81)87-85(91)79-67-83(93)95-89(79)97-87)92(86-80-68-84(94)96-90(80)98-88(78)86,75-61-53-71(54-62-75)47-43-39-35-31-27-23-19-15-11-7-3)76-63-55-72(56-64-76)48-44-40-36-32-28-24-20-16-12-8-4/h49-68H,5-48H2,1-4H3. The van der Waals surface area contributed by atoms with Crippen LogP contribution in [-0.2, 0) is 36.5 Å². The first-order chi connectivity index (χ1) is 48.3. The summed E-state index contributed by atoms with van der Waals surface area (Å²) < 4.78 is 5.26. The lowest BCUT2D eigenvalue weighted by molar-refractivity contribution is 0.556. The lowest BCUT2D eigenvalue weighted by atomic mass is 9.65. The fourth-order valence-corrected chi connectivity index (χ4v) is 24.1. The van der Waals surface area contributed by atoms with E-state index in [9.17, 15) is 0 Å². The van der Waals surface area contributed by atoms with Gasteiger partial charge in [0.15, 0.2) is 0 Å². The molecule has 0 fully saturated rings. The molecule has 0 saturated carbocycles. The van der Waals surface area contributed by atoms with Crippen LogP contribution in [0.15, 0.2) is 129 Å². The molecule has 0 nitrogen and oxygen atoms in total. The van der Waals surface area contributed by atoms with E-state index in [1.165, 1.54) is 371 Å². The van der Waals surface area contributed by atoms with Gasteiger partial charge in [0.1, 0.15) is 0 Å². The van der Waals surface area contributed by atoms with E-state index in [0.29, 0.717) is 0 Å². The molecule has 11 rings (SSSR count). The molecule has 98 heavy (non-hydrogen) atoms. The van der Waals surface area contributed by atoms with Crippen LogP contribution in [0.1, 0.15) is 351 Å². The van der Waals surface area contributed by atoms with Gasteiger partial charge in [0.05, 0.1) is 26.4 Å². The molecule has 0 amide bonds. The van der Waals surface area contributed by atoms with Crippen molar-refractivity contribution >= 4 is 96.0 Å². The van der Waals surface area contributed by atoms with Crippen molar-refractivity contribution in [3.05, 3.63) is 196 Å². The molecule has 0 radical (unpaired) electrons. The average molecular weight is 1510 g/mol. The number of hydrogen-bond acceptors (Lipinski definition) is 4. The minimum absolute atomic E-state index is 0.528. The molecule has 0 spiro atoms. The zero-order valence-electron chi connectivity index (χ0n) is 61.0. The highest BCUT2D eigenvalue weighted by atomic mass is 79.9. The molecular formula is C92H120Br2S4. The Hall–Kier alpha value is -3.62. The predicted molar refractivity (Wildman–Crippen MR) is 445 cm³/mol. The first kappa shape index (κ1) is 75.5. The Labute approximate surface area is 628 Å². The Kier molecular flexibility index (Phi) is 30.3. The van der Waals surface area contributed by atoms with Crippen LogP contribution in [0.4, 0.5) is 0 Å². The number of unbranched alkanes of at least 4 members (excludes halogenated alkanes) is 36. The Morgan fingerprint density at radius 2 is 0.469 bits per heavy atom. The summed E-state index contributed by atoms with van der Waals surface area (Å²) in [6.45, 7) is 9.29. The third-order valence-corrected chi connectivity index (χ3v) is 28.7. The number of aryl methyl sites for hydroxylation is 4. The van der Waals surface area contributed by atoms with Crippen molar-refractivity contribution in [3.8, 4) is 20.9 Å². The second kappa shape index (κ2) is 39.3. The highest BCUT2D eigenvalue weighted by molar-refractivity contribution is 9.11. The molecule has 2 aliphatic carbocycles. The SMILES string of the molecule is CCCCCCCCCCCCc1ccc(C2(c3ccc(CCCCCCCCCCCC)cc3)c3cc4c(cc3-c3sc5sc(Br)cc5c32)C(c2ccc(CCCCCCCCCCCC)cc2)(c2ccc(CCCCCCCCCCCC)cc2)c2c-4sc3sc(Br)cc23)cc1. The quantitative estimate of drug-likeness (QED) is 0.0334. The summed E-state index contributed by atoms with van der Waals surface area (Å²) in [5.41, 5.74) is 19.1. The number of rotatable bonds is 48. The lowest BCUT2D eigenvalue weighted by Crippen LogP contribution is -2.30. The molecule has 0 aliphatic heterocycles. The second-order valence-corrected chi connectivity index (χ2v) is 37.5. The van der Waals surface area contributed by atoms with Crippen molar-refractivity contribution in [1.29, 1.82) is 0 Å². The lowest BCUT2D eigenvalue weighted by Gasteiger charge is -2.36. The molecule has 6 heteroatoms. The predicted octanol–water partition coefficient (Wildman–Crippen LogP) is 32.3. The van der Waals surface area contributed by atoms with Crippen LogP contribution in [0.2, 0.25) is 0 Å². The maximum Gasteiger partial charge on any atom is 0.0887 e. The van der Waals surface area contributed by atoms with Gasteiger partial charge in [-0.1, -0.05) is 356 Å². The molecule has 526 valence electrons. The third-order valence-electron chi connectivity index (χ3n) is 22.7. The Morgan fingerprint density at radius 3 is 0.694 bits per heavy atom. The fourth-order valence-electron chi connectivity index (χ4n) is 17.2. The fraction of sp³-hybridized carbons (Fsp3) is 0.543. The Morgan fingerprint density at radius 1 is 0.255 bits per heavy atom. The maximum absolute atomic E-state index is 4.08. The molecule has 0 atom stereocenters. The van der Waals surface area contributed by atoms with Crippen molar-refractivity contribution < 1.29 is 0 Å². The highest BCUT2D eigenvalue weighted by Crippen LogP contribution is 2.68. The van der Waals surface area contributed by atoms with Gasteiger partial charge in [-0.05, 0) is 185 Å². The van der Waals surface area contributed by atoms with Crippen LogP contribution in [0.25, 0.3) is 39.7 Å². The van der Waals surface area contributed by atoms with E-state index in [-0.39, 0.29) is 0 Å². The molecule has 0 bridgehead atoms. The van der Waals surface area contributed by atoms with Gasteiger partial charge in [-0.15, -0.1) is 45.3 Å². The smallest absolute Gasteiger partial charge is 0.0887 e. The zero-order valence-corrected chi connectivity index (χ0v) is 67.5. The van der Waals surface area contributed by atoms with Gasteiger partial charge in [0.25, 0.3) is 0 Å². The van der Waals surface area contributed by atoms with Crippen molar-refractivity contribution in [2.45, 2.75) is 321 Å². The van der Waals surface area contributed by atoms with E-state index in [0.717, 1.165) is 25.7 Å². The molecule has 2 aliphatic rings. The molecule has 4 heterocycles. The summed E-state index contributed by atoms with van der Waals surface area (Å²) >= 11 is 16.1. The summed E-state index contributed by atoms with van der Waals surface area (Å²) in [4.78, 5) is 2.90. The van der Waals surface area contributed by atoms with Crippen LogP contribution in [0, 0.1) is 0 Å². The van der Waals surface area contributed by atoms with Crippen molar-refractivity contribution in [3.63, 3.8) is 0 Å². The van der Waals surface area contributed by atoms with Gasteiger partial charge in [-0.3, -0.25) is 0 Å². The number of fused-ring (bicyclic) bond motifs is 10. The number of hydrogen-bond donors (Lipinski definition) is 0. The number of thiophene rings is 4. The van der Waals surface area contributed by atoms with Gasteiger partial charge < -0.3 is 0 Å². The van der Waals surface area contributed by atoms with Crippen molar-refractivity contribution in [2.75, 3.05) is 0 Å². The Bertz CT molecular complexity index is 3410. The number of halogens is 2. The Balaban J connectivity index is 0.977. The molecule has 0 saturated heterocycles. The van der Waals surface area contributed by atoms with Crippen LogP contribution >= 0.6 is 77.2 Å². The van der Waals surface area contributed by atoms with Crippen LogP contribution in [0.5, 0.6) is 0 Å². The minimum Gasteiger partial charge on any atom is -0.124 e. The third kappa shape index (κ3) is 18.5. The topological polar surface area (TPSA) is 0 Å². The van der Waals surface area contributed by atoms with Crippen LogP contribution in [-0.4, -0.2) is 0 Å². The largest absolute Gasteiger partial charge is 0.124 e.